The monoisotopic (exact) mass is 466 g/mol. The smallest absolute Gasteiger partial charge is 0.439 e. The molecule has 1 heterocycles. The standard InChI is InChI=1S/C24H19ClN2O6/c1-13(28)18-8-9-19(20(25)22(18)30)32-12-14-4-2-5-15(10-14)21(29)16-6-3-7-17(11-16)23-26-24(31)33-27-23/h2-11,21,29-30H,12H2,1H3,(H,26,27,31). The second-order valence-corrected chi connectivity index (χ2v) is 7.71. The van der Waals surface area contributed by atoms with Crippen LogP contribution in [-0.4, -0.2) is 26.1 Å². The molecule has 1 aromatic heterocycles. The van der Waals surface area contributed by atoms with E-state index in [1.165, 1.54) is 19.1 Å². The number of aromatic nitrogens is 2. The van der Waals surface area contributed by atoms with Gasteiger partial charge in [-0.3, -0.25) is 14.3 Å². The van der Waals surface area contributed by atoms with Crippen LogP contribution in [0.25, 0.3) is 11.4 Å². The van der Waals surface area contributed by atoms with Crippen LogP contribution in [0.1, 0.15) is 40.1 Å². The van der Waals surface area contributed by atoms with Crippen molar-refractivity contribution in [3.8, 4) is 22.9 Å². The molecule has 0 saturated carbocycles. The normalized spacial score (nSPS) is 11.8. The summed E-state index contributed by atoms with van der Waals surface area (Å²) in [4.78, 5) is 25.2. The van der Waals surface area contributed by atoms with Crippen LogP contribution in [0.5, 0.6) is 11.5 Å². The maximum Gasteiger partial charge on any atom is 0.439 e. The molecule has 8 nitrogen and oxygen atoms in total. The lowest BCUT2D eigenvalue weighted by atomic mass is 9.98. The molecule has 9 heteroatoms. The quantitative estimate of drug-likeness (QED) is 0.347. The Morgan fingerprint density at radius 2 is 1.88 bits per heavy atom. The molecule has 1 unspecified atom stereocenters. The summed E-state index contributed by atoms with van der Waals surface area (Å²) in [6.45, 7) is 1.46. The zero-order chi connectivity index (χ0) is 23.5. The third-order valence-corrected chi connectivity index (χ3v) is 5.40. The van der Waals surface area contributed by atoms with Gasteiger partial charge in [-0.15, -0.1) is 0 Å². The minimum atomic E-state index is -0.939. The van der Waals surface area contributed by atoms with Crippen molar-refractivity contribution in [2.45, 2.75) is 19.6 Å². The Balaban J connectivity index is 1.52. The number of aliphatic hydroxyl groups is 1. The highest BCUT2D eigenvalue weighted by Gasteiger charge is 2.16. The number of rotatable bonds is 7. The summed E-state index contributed by atoms with van der Waals surface area (Å²) in [6, 6.07) is 17.1. The molecular weight excluding hydrogens is 448 g/mol. The van der Waals surface area contributed by atoms with Crippen LogP contribution in [0, 0.1) is 0 Å². The highest BCUT2D eigenvalue weighted by molar-refractivity contribution is 6.34. The van der Waals surface area contributed by atoms with Crippen LogP contribution in [0.3, 0.4) is 0 Å². The van der Waals surface area contributed by atoms with Crippen LogP contribution < -0.4 is 10.5 Å². The van der Waals surface area contributed by atoms with Crippen LogP contribution in [-0.2, 0) is 6.61 Å². The number of hydrogen-bond donors (Lipinski definition) is 3. The SMILES string of the molecule is CC(=O)c1ccc(OCc2cccc(C(O)c3cccc(-c4noc(=O)[nH]4)c3)c2)c(Cl)c1O. The van der Waals surface area contributed by atoms with E-state index in [0.29, 0.717) is 16.7 Å². The highest BCUT2D eigenvalue weighted by atomic mass is 35.5. The molecule has 0 amide bonds. The predicted molar refractivity (Wildman–Crippen MR) is 121 cm³/mol. The van der Waals surface area contributed by atoms with Crippen molar-refractivity contribution in [3.63, 3.8) is 0 Å². The molecule has 4 aromatic rings. The molecule has 0 fully saturated rings. The summed E-state index contributed by atoms with van der Waals surface area (Å²) in [5, 5.41) is 24.6. The number of carbonyl (C=O) groups excluding carboxylic acids is 1. The van der Waals surface area contributed by atoms with Crippen molar-refractivity contribution < 1.29 is 24.3 Å². The Hall–Kier alpha value is -3.88. The third-order valence-electron chi connectivity index (χ3n) is 5.04. The molecule has 33 heavy (non-hydrogen) atoms. The van der Waals surface area contributed by atoms with Crippen molar-refractivity contribution in [2.75, 3.05) is 0 Å². The summed E-state index contributed by atoms with van der Waals surface area (Å²) in [5.41, 5.74) is 2.70. The molecule has 0 aliphatic heterocycles. The molecule has 1 atom stereocenters. The van der Waals surface area contributed by atoms with Gasteiger partial charge in [-0.25, -0.2) is 4.79 Å². The second-order valence-electron chi connectivity index (χ2n) is 7.34. The van der Waals surface area contributed by atoms with E-state index in [-0.39, 0.29) is 40.3 Å². The van der Waals surface area contributed by atoms with E-state index in [1.54, 1.807) is 42.5 Å². The number of ketones is 1. The maximum atomic E-state index is 11.5. The number of carbonyl (C=O) groups is 1. The number of H-pyrrole nitrogens is 1. The van der Waals surface area contributed by atoms with E-state index in [9.17, 15) is 19.8 Å². The maximum absolute atomic E-state index is 11.5. The number of nitrogens with zero attached hydrogens (tertiary/aromatic N) is 1. The summed E-state index contributed by atoms with van der Waals surface area (Å²) in [7, 11) is 0. The number of halogens is 1. The number of aromatic amines is 1. The number of phenolic OH excluding ortho intramolecular Hbond substituents is 1. The fraction of sp³-hybridized carbons (Fsp3) is 0.125. The molecule has 3 N–H and O–H groups in total. The molecule has 0 radical (unpaired) electrons. The minimum Gasteiger partial charge on any atom is -0.505 e. The van der Waals surface area contributed by atoms with Gasteiger partial charge in [-0.1, -0.05) is 53.2 Å². The van der Waals surface area contributed by atoms with Gasteiger partial charge >= 0.3 is 5.76 Å². The van der Waals surface area contributed by atoms with Gasteiger partial charge in [0.1, 0.15) is 29.2 Å². The first-order valence-corrected chi connectivity index (χ1v) is 10.3. The van der Waals surface area contributed by atoms with Crippen molar-refractivity contribution in [1.82, 2.24) is 10.1 Å². The van der Waals surface area contributed by atoms with Crippen LogP contribution in [0.2, 0.25) is 5.02 Å². The molecule has 0 spiro atoms. The van der Waals surface area contributed by atoms with Crippen molar-refractivity contribution in [2.24, 2.45) is 0 Å². The first-order valence-electron chi connectivity index (χ1n) is 9.92. The van der Waals surface area contributed by atoms with Gasteiger partial charge in [-0.05, 0) is 47.9 Å². The Morgan fingerprint density at radius 3 is 2.58 bits per heavy atom. The minimum absolute atomic E-state index is 0.0402. The zero-order valence-corrected chi connectivity index (χ0v) is 18.2. The lowest BCUT2D eigenvalue weighted by Gasteiger charge is -2.15. The largest absolute Gasteiger partial charge is 0.505 e. The third kappa shape index (κ3) is 4.82. The molecule has 3 aromatic carbocycles. The first kappa shape index (κ1) is 22.3. The molecule has 0 saturated heterocycles. The number of aliphatic hydroxyl groups excluding tert-OH is 1. The Bertz CT molecular complexity index is 1380. The Morgan fingerprint density at radius 1 is 1.15 bits per heavy atom. The number of Topliss-reactive ketones (excluding diaryl/α,β-unsaturated/α-hetero) is 1. The van der Waals surface area contributed by atoms with E-state index in [1.807, 2.05) is 6.07 Å². The van der Waals surface area contributed by atoms with Gasteiger partial charge in [-0.2, -0.15) is 0 Å². The van der Waals surface area contributed by atoms with E-state index < -0.39 is 11.9 Å². The second kappa shape index (κ2) is 9.32. The number of phenols is 1. The molecule has 4 rings (SSSR count). The van der Waals surface area contributed by atoms with Crippen molar-refractivity contribution >= 4 is 17.4 Å². The summed E-state index contributed by atoms with van der Waals surface area (Å²) >= 11 is 6.14. The zero-order valence-electron chi connectivity index (χ0n) is 17.4. The molecular formula is C24H19ClN2O6. The van der Waals surface area contributed by atoms with Crippen LogP contribution in [0.4, 0.5) is 0 Å². The predicted octanol–water partition coefficient (Wildman–Crippen LogP) is 4.25. The van der Waals surface area contributed by atoms with E-state index >= 15 is 0 Å². The Labute approximate surface area is 193 Å². The van der Waals surface area contributed by atoms with Crippen LogP contribution in [0.15, 0.2) is 70.0 Å². The van der Waals surface area contributed by atoms with Crippen LogP contribution >= 0.6 is 11.6 Å². The van der Waals surface area contributed by atoms with Gasteiger partial charge in [0.25, 0.3) is 0 Å². The number of nitrogens with one attached hydrogen (secondary N) is 1. The van der Waals surface area contributed by atoms with Gasteiger partial charge in [0.2, 0.25) is 0 Å². The lowest BCUT2D eigenvalue weighted by Crippen LogP contribution is -2.03. The average molecular weight is 467 g/mol. The van der Waals surface area contributed by atoms with Crippen molar-refractivity contribution in [1.29, 1.82) is 0 Å². The lowest BCUT2D eigenvalue weighted by molar-refractivity contribution is 0.101. The summed E-state index contributed by atoms with van der Waals surface area (Å²) in [6.07, 6.45) is -0.939. The fourth-order valence-electron chi connectivity index (χ4n) is 3.36. The first-order chi connectivity index (χ1) is 15.8. The fourth-order valence-corrected chi connectivity index (χ4v) is 3.58. The van der Waals surface area contributed by atoms with Gasteiger partial charge in [0.15, 0.2) is 11.6 Å². The van der Waals surface area contributed by atoms with Gasteiger partial charge < -0.3 is 14.9 Å². The van der Waals surface area contributed by atoms with Crippen molar-refractivity contribution in [3.05, 3.63) is 98.5 Å². The van der Waals surface area contributed by atoms with E-state index in [2.05, 4.69) is 14.7 Å². The molecule has 0 aliphatic carbocycles. The number of ether oxygens (including phenoxy) is 1. The van der Waals surface area contributed by atoms with Gasteiger partial charge in [0.05, 0.1) is 5.56 Å². The topological polar surface area (TPSA) is 126 Å². The van der Waals surface area contributed by atoms with E-state index in [4.69, 9.17) is 16.3 Å². The number of benzene rings is 3. The average Bonchev–Trinajstić information content (AvgIpc) is 3.26. The Kier molecular flexibility index (Phi) is 6.30. The molecule has 0 aliphatic rings. The summed E-state index contributed by atoms with van der Waals surface area (Å²) in [5.74, 6) is -0.777. The van der Waals surface area contributed by atoms with Gasteiger partial charge in [0, 0.05) is 5.56 Å². The summed E-state index contributed by atoms with van der Waals surface area (Å²) < 4.78 is 10.3. The molecule has 168 valence electrons. The molecule has 0 bridgehead atoms. The number of aromatic hydroxyl groups is 1. The highest BCUT2D eigenvalue weighted by Crippen LogP contribution is 2.37. The van der Waals surface area contributed by atoms with E-state index in [0.717, 1.165) is 5.56 Å². The number of hydrogen-bond acceptors (Lipinski definition) is 7.